The van der Waals surface area contributed by atoms with Gasteiger partial charge in [-0.25, -0.2) is 4.79 Å². The van der Waals surface area contributed by atoms with Gasteiger partial charge in [-0.3, -0.25) is 4.99 Å². The number of carbonyl (C=O) groups is 1. The Labute approximate surface area is 110 Å². The summed E-state index contributed by atoms with van der Waals surface area (Å²) in [6, 6.07) is -1.35. The van der Waals surface area contributed by atoms with E-state index in [2.05, 4.69) is 4.99 Å². The van der Waals surface area contributed by atoms with E-state index in [0.717, 1.165) is 6.92 Å². The zero-order valence-corrected chi connectivity index (χ0v) is 11.1. The van der Waals surface area contributed by atoms with Crippen molar-refractivity contribution in [1.29, 1.82) is 0 Å². The molecule has 0 bridgehead atoms. The molecular weight excluding hydrogens is 260 g/mol. The van der Waals surface area contributed by atoms with Gasteiger partial charge in [0.05, 0.1) is 5.84 Å². The molecular formula is C11H21F2N3O3. The van der Waals surface area contributed by atoms with Crippen LogP contribution in [0.1, 0.15) is 33.1 Å². The number of unbranched alkanes of at least 4 members (excludes halogenated alkanes) is 1. The minimum atomic E-state index is -4.29. The van der Waals surface area contributed by atoms with E-state index in [-0.39, 0.29) is 6.42 Å². The van der Waals surface area contributed by atoms with Gasteiger partial charge in [-0.15, -0.1) is 0 Å². The van der Waals surface area contributed by atoms with Crippen molar-refractivity contribution in [3.63, 3.8) is 0 Å². The molecule has 0 rings (SSSR count). The molecule has 0 aromatic heterocycles. The Balaban J connectivity index is 4.37. The number of hydrogen-bond acceptors (Lipinski definition) is 4. The summed E-state index contributed by atoms with van der Waals surface area (Å²) >= 11 is 0. The van der Waals surface area contributed by atoms with Gasteiger partial charge in [-0.2, -0.15) is 8.78 Å². The third kappa shape index (κ3) is 4.71. The summed E-state index contributed by atoms with van der Waals surface area (Å²) in [6.07, 6.45) is 1.07. The van der Waals surface area contributed by atoms with Crippen molar-refractivity contribution in [3.8, 4) is 0 Å². The fourth-order valence-corrected chi connectivity index (χ4v) is 1.46. The van der Waals surface area contributed by atoms with Gasteiger partial charge in [0.25, 0.3) is 0 Å². The Bertz CT molecular complexity index is 342. The van der Waals surface area contributed by atoms with Crippen LogP contribution < -0.4 is 11.5 Å². The SMILES string of the molecule is CC(N)=NCCCC[C@H](N)C(C)(O)C(F)(F)C(=O)O. The molecule has 0 saturated heterocycles. The molecule has 0 heterocycles. The summed E-state index contributed by atoms with van der Waals surface area (Å²) in [4.78, 5) is 14.3. The number of aliphatic hydroxyl groups is 1. The van der Waals surface area contributed by atoms with E-state index in [1.165, 1.54) is 0 Å². The van der Waals surface area contributed by atoms with Crippen LogP contribution in [-0.2, 0) is 4.79 Å². The van der Waals surface area contributed by atoms with Crippen LogP contribution in [0.3, 0.4) is 0 Å². The summed E-state index contributed by atoms with van der Waals surface area (Å²) in [5.74, 6) is -6.26. The van der Waals surface area contributed by atoms with Crippen LogP contribution in [0.15, 0.2) is 4.99 Å². The molecule has 0 aliphatic heterocycles. The van der Waals surface area contributed by atoms with Gasteiger partial charge in [-0.1, -0.05) is 0 Å². The largest absolute Gasteiger partial charge is 0.477 e. The summed E-state index contributed by atoms with van der Waals surface area (Å²) in [5.41, 5.74) is 7.98. The first-order chi connectivity index (χ1) is 8.53. The van der Waals surface area contributed by atoms with Gasteiger partial charge in [0.15, 0.2) is 5.60 Å². The van der Waals surface area contributed by atoms with Gasteiger partial charge >= 0.3 is 11.9 Å². The number of alkyl halides is 2. The van der Waals surface area contributed by atoms with E-state index in [1.54, 1.807) is 6.92 Å². The monoisotopic (exact) mass is 281 g/mol. The van der Waals surface area contributed by atoms with Crippen molar-refractivity contribution in [1.82, 2.24) is 0 Å². The summed E-state index contributed by atoms with van der Waals surface area (Å²) in [6.45, 7) is 2.80. The van der Waals surface area contributed by atoms with E-state index < -0.39 is 23.5 Å². The first kappa shape index (κ1) is 17.7. The number of aliphatic imine (C=N–C) groups is 1. The minimum Gasteiger partial charge on any atom is -0.477 e. The molecule has 0 aromatic carbocycles. The van der Waals surface area contributed by atoms with Crippen molar-refractivity contribution >= 4 is 11.8 Å². The zero-order valence-electron chi connectivity index (χ0n) is 11.1. The van der Waals surface area contributed by atoms with Crippen LogP contribution in [0.5, 0.6) is 0 Å². The molecule has 0 amide bonds. The highest BCUT2D eigenvalue weighted by molar-refractivity contribution is 5.77. The van der Waals surface area contributed by atoms with Crippen LogP contribution in [0.4, 0.5) is 8.78 Å². The van der Waals surface area contributed by atoms with Crippen LogP contribution in [0.25, 0.3) is 0 Å². The topological polar surface area (TPSA) is 122 Å². The highest BCUT2D eigenvalue weighted by atomic mass is 19.3. The number of nitrogens with two attached hydrogens (primary N) is 2. The maximum atomic E-state index is 13.3. The lowest BCUT2D eigenvalue weighted by Gasteiger charge is -2.34. The first-order valence-electron chi connectivity index (χ1n) is 5.89. The van der Waals surface area contributed by atoms with Crippen molar-refractivity contribution in [2.45, 2.75) is 50.7 Å². The standard InChI is InChI=1S/C11H21F2N3O3/c1-7(14)16-6-4-3-5-8(15)10(2,19)11(12,13)9(17)18/h8,19H,3-6,15H2,1-2H3,(H2,14,16)(H,17,18)/t8-,10?/m0/s1. The first-order valence-corrected chi connectivity index (χ1v) is 5.89. The van der Waals surface area contributed by atoms with E-state index in [9.17, 15) is 18.7 Å². The molecule has 0 aliphatic carbocycles. The molecule has 19 heavy (non-hydrogen) atoms. The number of hydrogen-bond donors (Lipinski definition) is 4. The highest BCUT2D eigenvalue weighted by Crippen LogP contribution is 2.32. The molecule has 112 valence electrons. The van der Waals surface area contributed by atoms with Crippen LogP contribution >= 0.6 is 0 Å². The van der Waals surface area contributed by atoms with Crippen molar-refractivity contribution < 1.29 is 23.8 Å². The molecule has 2 atom stereocenters. The van der Waals surface area contributed by atoms with Gasteiger partial charge < -0.3 is 21.7 Å². The summed E-state index contributed by atoms with van der Waals surface area (Å²) < 4.78 is 26.6. The maximum Gasteiger partial charge on any atom is 0.377 e. The van der Waals surface area contributed by atoms with Gasteiger partial charge in [-0.05, 0) is 33.1 Å². The third-order valence-electron chi connectivity index (χ3n) is 2.91. The van der Waals surface area contributed by atoms with Crippen LogP contribution in [0, 0.1) is 0 Å². The Morgan fingerprint density at radius 2 is 1.95 bits per heavy atom. The van der Waals surface area contributed by atoms with E-state index in [1.807, 2.05) is 0 Å². The molecule has 0 radical (unpaired) electrons. The second kappa shape index (κ2) is 6.76. The predicted molar refractivity (Wildman–Crippen MR) is 67.2 cm³/mol. The van der Waals surface area contributed by atoms with Gasteiger partial charge in [0.2, 0.25) is 0 Å². The lowest BCUT2D eigenvalue weighted by molar-refractivity contribution is -0.209. The van der Waals surface area contributed by atoms with Gasteiger partial charge in [0.1, 0.15) is 0 Å². The molecule has 0 aliphatic rings. The minimum absolute atomic E-state index is 0.0645. The van der Waals surface area contributed by atoms with Crippen molar-refractivity contribution in [2.24, 2.45) is 16.5 Å². The number of carboxylic acid groups (broad SMARTS) is 1. The molecule has 1 unspecified atom stereocenters. The quantitative estimate of drug-likeness (QED) is 0.290. The van der Waals surface area contributed by atoms with E-state index in [4.69, 9.17) is 16.6 Å². The highest BCUT2D eigenvalue weighted by Gasteiger charge is 2.58. The number of rotatable bonds is 8. The number of aliphatic carboxylic acids is 1. The predicted octanol–water partition coefficient (Wildman–Crippen LogP) is 0.332. The third-order valence-corrected chi connectivity index (χ3v) is 2.91. The van der Waals surface area contributed by atoms with E-state index >= 15 is 0 Å². The smallest absolute Gasteiger partial charge is 0.377 e. The lowest BCUT2D eigenvalue weighted by Crippen LogP contribution is -2.61. The fraction of sp³-hybridized carbons (Fsp3) is 0.818. The molecule has 0 saturated carbocycles. The average molecular weight is 281 g/mol. The Morgan fingerprint density at radius 3 is 2.37 bits per heavy atom. The second-order valence-corrected chi connectivity index (χ2v) is 4.65. The normalized spacial score (nSPS) is 17.9. The number of nitrogens with zero attached hydrogens (tertiary/aromatic N) is 1. The number of carboxylic acids is 1. The van der Waals surface area contributed by atoms with Gasteiger partial charge in [0, 0.05) is 12.6 Å². The van der Waals surface area contributed by atoms with Crippen LogP contribution in [0.2, 0.25) is 0 Å². The number of amidine groups is 1. The summed E-state index contributed by atoms with van der Waals surface area (Å²) in [7, 11) is 0. The molecule has 0 spiro atoms. The Kier molecular flexibility index (Phi) is 6.31. The molecule has 6 N–H and O–H groups in total. The summed E-state index contributed by atoms with van der Waals surface area (Å²) in [5, 5.41) is 18.0. The van der Waals surface area contributed by atoms with E-state index in [0.29, 0.717) is 25.2 Å². The molecule has 0 fully saturated rings. The van der Waals surface area contributed by atoms with Crippen molar-refractivity contribution in [3.05, 3.63) is 0 Å². The molecule has 8 heteroatoms. The molecule has 6 nitrogen and oxygen atoms in total. The Morgan fingerprint density at radius 1 is 1.42 bits per heavy atom. The zero-order chi connectivity index (χ0) is 15.3. The number of halogens is 2. The lowest BCUT2D eigenvalue weighted by atomic mass is 9.86. The fourth-order valence-electron chi connectivity index (χ4n) is 1.46. The van der Waals surface area contributed by atoms with Crippen LogP contribution in [-0.4, -0.2) is 46.1 Å². The maximum absolute atomic E-state index is 13.3. The average Bonchev–Trinajstić information content (AvgIpc) is 2.27. The molecule has 0 aromatic rings. The second-order valence-electron chi connectivity index (χ2n) is 4.65. The Hall–Kier alpha value is -1.28. The van der Waals surface area contributed by atoms with Crippen molar-refractivity contribution in [2.75, 3.05) is 6.54 Å².